The van der Waals surface area contributed by atoms with Crippen LogP contribution < -0.4 is 5.32 Å². The number of hydrogen-bond acceptors (Lipinski definition) is 5. The topological polar surface area (TPSA) is 105 Å². The number of carbonyl (C=O) groups is 1. The molecule has 0 atom stereocenters. The molecule has 0 saturated heterocycles. The molecule has 7 nitrogen and oxygen atoms in total. The first kappa shape index (κ1) is 11.4. The molecule has 1 amide bonds. The van der Waals surface area contributed by atoms with Crippen molar-refractivity contribution in [3.05, 3.63) is 19.0 Å². The van der Waals surface area contributed by atoms with Crippen molar-refractivity contribution in [2.45, 2.75) is 0 Å². The molecule has 0 unspecified atom stereocenters. The minimum absolute atomic E-state index is 0.119. The van der Waals surface area contributed by atoms with Crippen LogP contribution in [0.3, 0.4) is 0 Å². The lowest BCUT2D eigenvalue weighted by Gasteiger charge is -2.01. The van der Waals surface area contributed by atoms with Crippen molar-refractivity contribution in [1.29, 1.82) is 0 Å². The van der Waals surface area contributed by atoms with Gasteiger partial charge in [0.05, 0.1) is 5.75 Å². The zero-order chi connectivity index (χ0) is 11.3. The second-order valence-electron chi connectivity index (χ2n) is 2.73. The summed E-state index contributed by atoms with van der Waals surface area (Å²) in [6.07, 6.45) is 2.44. The summed E-state index contributed by atoms with van der Waals surface area (Å²) in [7, 11) is -3.43. The van der Waals surface area contributed by atoms with Crippen molar-refractivity contribution < 1.29 is 13.2 Å². The third-order valence-corrected chi connectivity index (χ3v) is 2.84. The Morgan fingerprint density at radius 1 is 1.67 bits per heavy atom. The smallest absolute Gasteiger partial charge is 0.241 e. The molecule has 0 aliphatic carbocycles. The van der Waals surface area contributed by atoms with E-state index in [-0.39, 0.29) is 11.7 Å². The molecule has 1 aromatic rings. The monoisotopic (exact) mass is 230 g/mol. The highest BCUT2D eigenvalue weighted by atomic mass is 32.2. The maximum atomic E-state index is 11.2. The quantitative estimate of drug-likeness (QED) is 0.653. The average molecular weight is 230 g/mol. The van der Waals surface area contributed by atoms with Gasteiger partial charge >= 0.3 is 0 Å². The first-order valence-electron chi connectivity index (χ1n) is 4.00. The van der Waals surface area contributed by atoms with Crippen LogP contribution in [0.2, 0.25) is 0 Å². The molecule has 1 heterocycles. The van der Waals surface area contributed by atoms with E-state index in [1.807, 2.05) is 0 Å². The first-order valence-corrected chi connectivity index (χ1v) is 5.82. The maximum absolute atomic E-state index is 11.2. The van der Waals surface area contributed by atoms with Crippen LogP contribution in [-0.2, 0) is 14.6 Å². The standard InChI is InChI=1S/C7H10N4O3S/c1-2-3-15(13,14)4-6(12)10-7-8-5-9-11-7/h2,5H,1,3-4H2,(H2,8,9,10,11,12). The van der Waals surface area contributed by atoms with Gasteiger partial charge in [0.2, 0.25) is 11.9 Å². The van der Waals surface area contributed by atoms with Gasteiger partial charge in [-0.15, -0.1) is 6.58 Å². The number of H-pyrrole nitrogens is 1. The van der Waals surface area contributed by atoms with Gasteiger partial charge in [-0.1, -0.05) is 6.08 Å². The number of sulfone groups is 1. The molecule has 82 valence electrons. The van der Waals surface area contributed by atoms with E-state index in [1.165, 1.54) is 12.4 Å². The van der Waals surface area contributed by atoms with Gasteiger partial charge in [0.25, 0.3) is 0 Å². The van der Waals surface area contributed by atoms with E-state index in [2.05, 4.69) is 27.1 Å². The number of rotatable bonds is 5. The molecular weight excluding hydrogens is 220 g/mol. The molecule has 8 heteroatoms. The summed E-state index contributed by atoms with van der Waals surface area (Å²) in [6, 6.07) is 0. The van der Waals surface area contributed by atoms with E-state index in [1.54, 1.807) is 0 Å². The van der Waals surface area contributed by atoms with Crippen LogP contribution in [0.15, 0.2) is 19.0 Å². The molecule has 15 heavy (non-hydrogen) atoms. The second-order valence-corrected chi connectivity index (χ2v) is 4.83. The molecule has 0 bridgehead atoms. The van der Waals surface area contributed by atoms with Crippen LogP contribution in [0.4, 0.5) is 5.95 Å². The SMILES string of the molecule is C=CCS(=O)(=O)CC(=O)Nc1ncn[nH]1. The largest absolute Gasteiger partial charge is 0.294 e. The van der Waals surface area contributed by atoms with Crippen molar-refractivity contribution in [2.75, 3.05) is 16.8 Å². The van der Waals surface area contributed by atoms with Crippen molar-refractivity contribution in [2.24, 2.45) is 0 Å². The van der Waals surface area contributed by atoms with Crippen LogP contribution in [0.1, 0.15) is 0 Å². The molecule has 0 saturated carbocycles. The molecule has 0 aliphatic heterocycles. The first-order chi connectivity index (χ1) is 7.03. The summed E-state index contributed by atoms with van der Waals surface area (Å²) in [5, 5.41) is 8.12. The van der Waals surface area contributed by atoms with Crippen LogP contribution >= 0.6 is 0 Å². The summed E-state index contributed by atoms with van der Waals surface area (Å²) in [6.45, 7) is 3.29. The van der Waals surface area contributed by atoms with Gasteiger partial charge in [-0.3, -0.25) is 10.1 Å². The minimum atomic E-state index is -3.43. The fourth-order valence-corrected chi connectivity index (χ4v) is 1.82. The van der Waals surface area contributed by atoms with E-state index >= 15 is 0 Å². The number of nitrogens with zero attached hydrogens (tertiary/aromatic N) is 2. The number of hydrogen-bond donors (Lipinski definition) is 2. The van der Waals surface area contributed by atoms with Gasteiger partial charge in [0, 0.05) is 0 Å². The minimum Gasteiger partial charge on any atom is -0.294 e. The van der Waals surface area contributed by atoms with E-state index < -0.39 is 21.5 Å². The molecule has 1 rings (SSSR count). The lowest BCUT2D eigenvalue weighted by Crippen LogP contribution is -2.24. The fraction of sp³-hybridized carbons (Fsp3) is 0.286. The summed E-state index contributed by atoms with van der Waals surface area (Å²) >= 11 is 0. The highest BCUT2D eigenvalue weighted by Crippen LogP contribution is 1.96. The van der Waals surface area contributed by atoms with Gasteiger partial charge in [0.1, 0.15) is 12.1 Å². The van der Waals surface area contributed by atoms with Gasteiger partial charge < -0.3 is 0 Å². The Bertz CT molecular complexity index is 437. The zero-order valence-corrected chi connectivity index (χ0v) is 8.62. The summed E-state index contributed by atoms with van der Waals surface area (Å²) < 4.78 is 22.4. The maximum Gasteiger partial charge on any atom is 0.241 e. The number of carbonyl (C=O) groups excluding carboxylic acids is 1. The highest BCUT2D eigenvalue weighted by Gasteiger charge is 2.15. The number of aromatic amines is 1. The molecule has 1 aromatic heterocycles. The van der Waals surface area contributed by atoms with Crippen molar-refractivity contribution in [3.8, 4) is 0 Å². The van der Waals surface area contributed by atoms with Crippen LogP contribution in [-0.4, -0.2) is 41.0 Å². The zero-order valence-electron chi connectivity index (χ0n) is 7.80. The summed E-state index contributed by atoms with van der Waals surface area (Å²) in [5.74, 6) is -1.36. The Morgan fingerprint density at radius 3 is 2.93 bits per heavy atom. The highest BCUT2D eigenvalue weighted by molar-refractivity contribution is 7.92. The fourth-order valence-electron chi connectivity index (χ4n) is 0.872. The molecule has 0 radical (unpaired) electrons. The number of aromatic nitrogens is 3. The van der Waals surface area contributed by atoms with Crippen LogP contribution in [0.25, 0.3) is 0 Å². The Labute approximate surface area is 86.5 Å². The van der Waals surface area contributed by atoms with E-state index in [0.29, 0.717) is 0 Å². The van der Waals surface area contributed by atoms with Gasteiger partial charge in [-0.25, -0.2) is 13.5 Å². The average Bonchev–Trinajstić information content (AvgIpc) is 2.54. The van der Waals surface area contributed by atoms with Crippen LogP contribution in [0.5, 0.6) is 0 Å². The lowest BCUT2D eigenvalue weighted by atomic mass is 10.7. The molecule has 0 spiro atoms. The summed E-state index contributed by atoms with van der Waals surface area (Å²) in [5.41, 5.74) is 0. The lowest BCUT2D eigenvalue weighted by molar-refractivity contribution is -0.113. The molecule has 0 fully saturated rings. The number of nitrogens with one attached hydrogen (secondary N) is 2. The van der Waals surface area contributed by atoms with Gasteiger partial charge in [-0.05, 0) is 0 Å². The number of anilines is 1. The molecular formula is C7H10N4O3S. The number of amides is 1. The second kappa shape index (κ2) is 4.69. The van der Waals surface area contributed by atoms with Crippen molar-refractivity contribution in [3.63, 3.8) is 0 Å². The van der Waals surface area contributed by atoms with Crippen molar-refractivity contribution >= 4 is 21.7 Å². The van der Waals surface area contributed by atoms with E-state index in [9.17, 15) is 13.2 Å². The third-order valence-electron chi connectivity index (χ3n) is 1.40. The van der Waals surface area contributed by atoms with Gasteiger partial charge in [-0.2, -0.15) is 10.1 Å². The van der Waals surface area contributed by atoms with Crippen molar-refractivity contribution in [1.82, 2.24) is 15.2 Å². The third kappa shape index (κ3) is 3.90. The predicted octanol–water partition coefficient (Wildman–Crippen LogP) is -0.656. The Balaban J connectivity index is 2.53. The van der Waals surface area contributed by atoms with E-state index in [0.717, 1.165) is 0 Å². The molecule has 0 aromatic carbocycles. The van der Waals surface area contributed by atoms with Crippen LogP contribution in [0, 0.1) is 0 Å². The molecule has 2 N–H and O–H groups in total. The predicted molar refractivity (Wildman–Crippen MR) is 53.9 cm³/mol. The normalized spacial score (nSPS) is 10.9. The Hall–Kier alpha value is -1.70. The Morgan fingerprint density at radius 2 is 2.40 bits per heavy atom. The summed E-state index contributed by atoms with van der Waals surface area (Å²) in [4.78, 5) is 14.8. The van der Waals surface area contributed by atoms with E-state index in [4.69, 9.17) is 0 Å². The molecule has 0 aliphatic rings. The van der Waals surface area contributed by atoms with Gasteiger partial charge in [0.15, 0.2) is 9.84 Å². The Kier molecular flexibility index (Phi) is 3.56.